The molecule has 1 fully saturated rings. The SMILES string of the molecule is COC1C[CH]OC1. The summed E-state index contributed by atoms with van der Waals surface area (Å²) in [6.07, 6.45) is 1.26. The molecule has 0 aliphatic carbocycles. The normalized spacial score (nSPS) is 31.3. The molecule has 1 radical (unpaired) electrons. The van der Waals surface area contributed by atoms with Crippen LogP contribution < -0.4 is 0 Å². The second kappa shape index (κ2) is 2.28. The molecule has 2 nitrogen and oxygen atoms in total. The van der Waals surface area contributed by atoms with Crippen LogP contribution in [-0.4, -0.2) is 19.8 Å². The van der Waals surface area contributed by atoms with Gasteiger partial charge in [0, 0.05) is 13.5 Å². The van der Waals surface area contributed by atoms with Gasteiger partial charge < -0.3 is 9.47 Å². The van der Waals surface area contributed by atoms with E-state index in [4.69, 9.17) is 9.47 Å². The van der Waals surface area contributed by atoms with E-state index in [2.05, 4.69) is 0 Å². The van der Waals surface area contributed by atoms with Crippen LogP contribution in [0, 0.1) is 6.61 Å². The van der Waals surface area contributed by atoms with Crippen LogP contribution >= 0.6 is 0 Å². The van der Waals surface area contributed by atoms with E-state index in [0.29, 0.717) is 6.10 Å². The highest BCUT2D eigenvalue weighted by atomic mass is 16.5. The number of hydrogen-bond acceptors (Lipinski definition) is 2. The molecule has 7 heavy (non-hydrogen) atoms. The average Bonchev–Trinajstić information content (AvgIpc) is 2.14. The predicted molar refractivity (Wildman–Crippen MR) is 25.7 cm³/mol. The topological polar surface area (TPSA) is 18.5 Å². The second-order valence-corrected chi connectivity index (χ2v) is 1.59. The lowest BCUT2D eigenvalue weighted by Crippen LogP contribution is -2.07. The Kier molecular flexibility index (Phi) is 1.65. The van der Waals surface area contributed by atoms with Gasteiger partial charge in [-0.25, -0.2) is 0 Å². The molecule has 1 saturated heterocycles. The fourth-order valence-corrected chi connectivity index (χ4v) is 0.583. The Balaban J connectivity index is 2.14. The van der Waals surface area contributed by atoms with Crippen LogP contribution in [-0.2, 0) is 9.47 Å². The van der Waals surface area contributed by atoms with Crippen LogP contribution in [0.3, 0.4) is 0 Å². The van der Waals surface area contributed by atoms with Crippen molar-refractivity contribution in [1.29, 1.82) is 0 Å². The highest BCUT2D eigenvalue weighted by Crippen LogP contribution is 2.09. The first kappa shape index (κ1) is 5.06. The fraction of sp³-hybridized carbons (Fsp3) is 0.800. The minimum atomic E-state index is 0.319. The van der Waals surface area contributed by atoms with Crippen LogP contribution in [0.2, 0.25) is 0 Å². The largest absolute Gasteiger partial charge is 0.379 e. The van der Waals surface area contributed by atoms with Crippen molar-refractivity contribution in [2.75, 3.05) is 13.7 Å². The highest BCUT2D eigenvalue weighted by Gasteiger charge is 2.13. The number of hydrogen-bond donors (Lipinski definition) is 0. The predicted octanol–water partition coefficient (Wildman–Crippen LogP) is 0.583. The number of rotatable bonds is 1. The molecule has 0 aromatic rings. The molecule has 1 aliphatic heterocycles. The molecular formula is C5H9O2. The Morgan fingerprint density at radius 2 is 2.71 bits per heavy atom. The van der Waals surface area contributed by atoms with Crippen molar-refractivity contribution >= 4 is 0 Å². The lowest BCUT2D eigenvalue weighted by Gasteiger charge is -2.00. The minimum Gasteiger partial charge on any atom is -0.379 e. The van der Waals surface area contributed by atoms with Gasteiger partial charge in [-0.15, -0.1) is 0 Å². The molecule has 0 N–H and O–H groups in total. The summed E-state index contributed by atoms with van der Waals surface area (Å²) in [6, 6.07) is 0. The zero-order valence-corrected chi connectivity index (χ0v) is 4.39. The summed E-state index contributed by atoms with van der Waals surface area (Å²) in [7, 11) is 1.70. The third-order valence-electron chi connectivity index (χ3n) is 1.09. The maximum Gasteiger partial charge on any atom is 0.0864 e. The summed E-state index contributed by atoms with van der Waals surface area (Å²) in [5, 5.41) is 0. The molecule has 1 heterocycles. The van der Waals surface area contributed by atoms with E-state index < -0.39 is 0 Å². The van der Waals surface area contributed by atoms with Crippen molar-refractivity contribution in [1.82, 2.24) is 0 Å². The molecule has 1 rings (SSSR count). The maximum atomic E-state index is 4.95. The van der Waals surface area contributed by atoms with Crippen LogP contribution in [0.4, 0.5) is 0 Å². The summed E-state index contributed by atoms with van der Waals surface area (Å²) in [5.74, 6) is 0. The van der Waals surface area contributed by atoms with Gasteiger partial charge in [-0.2, -0.15) is 0 Å². The van der Waals surface area contributed by atoms with E-state index in [1.54, 1.807) is 13.7 Å². The van der Waals surface area contributed by atoms with Crippen molar-refractivity contribution in [3.63, 3.8) is 0 Å². The van der Waals surface area contributed by atoms with Gasteiger partial charge in [0.15, 0.2) is 0 Å². The van der Waals surface area contributed by atoms with Gasteiger partial charge in [-0.3, -0.25) is 0 Å². The van der Waals surface area contributed by atoms with E-state index in [9.17, 15) is 0 Å². The van der Waals surface area contributed by atoms with Gasteiger partial charge >= 0.3 is 0 Å². The molecule has 1 atom stereocenters. The van der Waals surface area contributed by atoms with Crippen LogP contribution in [0.25, 0.3) is 0 Å². The maximum absolute atomic E-state index is 4.95. The van der Waals surface area contributed by atoms with E-state index in [1.165, 1.54) is 0 Å². The first-order valence-electron chi connectivity index (χ1n) is 2.39. The molecule has 0 aromatic carbocycles. The Bertz CT molecular complexity index is 48.0. The second-order valence-electron chi connectivity index (χ2n) is 1.59. The lowest BCUT2D eigenvalue weighted by atomic mass is 10.3. The van der Waals surface area contributed by atoms with Crippen LogP contribution in [0.15, 0.2) is 0 Å². The zero-order valence-electron chi connectivity index (χ0n) is 4.39. The minimum absolute atomic E-state index is 0.319. The van der Waals surface area contributed by atoms with Gasteiger partial charge in [-0.05, 0) is 0 Å². The summed E-state index contributed by atoms with van der Waals surface area (Å²) in [6.45, 7) is 2.52. The number of methoxy groups -OCH3 is 1. The Morgan fingerprint density at radius 3 is 3.00 bits per heavy atom. The molecule has 41 valence electrons. The van der Waals surface area contributed by atoms with Crippen molar-refractivity contribution in [2.45, 2.75) is 12.5 Å². The Labute approximate surface area is 43.4 Å². The fourth-order valence-electron chi connectivity index (χ4n) is 0.583. The van der Waals surface area contributed by atoms with Gasteiger partial charge in [-0.1, -0.05) is 0 Å². The highest BCUT2D eigenvalue weighted by molar-refractivity contribution is 4.70. The summed E-state index contributed by atoms with van der Waals surface area (Å²) >= 11 is 0. The smallest absolute Gasteiger partial charge is 0.0864 e. The Hall–Kier alpha value is -0.0800. The standard InChI is InChI=1S/C5H9O2/c1-6-5-2-3-7-4-5/h3,5H,2,4H2,1H3. The molecule has 1 aliphatic rings. The Morgan fingerprint density at radius 1 is 1.86 bits per heavy atom. The lowest BCUT2D eigenvalue weighted by molar-refractivity contribution is 0.0862. The molecule has 0 amide bonds. The summed E-state index contributed by atoms with van der Waals surface area (Å²) in [5.41, 5.74) is 0. The van der Waals surface area contributed by atoms with Crippen LogP contribution in [0.5, 0.6) is 0 Å². The molecule has 1 unspecified atom stereocenters. The monoisotopic (exact) mass is 101 g/mol. The molecule has 0 spiro atoms. The molecule has 2 heteroatoms. The van der Waals surface area contributed by atoms with Crippen molar-refractivity contribution in [2.24, 2.45) is 0 Å². The molecule has 0 aromatic heterocycles. The van der Waals surface area contributed by atoms with Gasteiger partial charge in [0.05, 0.1) is 19.3 Å². The summed E-state index contributed by atoms with van der Waals surface area (Å²) < 4.78 is 9.85. The van der Waals surface area contributed by atoms with E-state index in [0.717, 1.165) is 13.0 Å². The molecule has 0 bridgehead atoms. The quantitative estimate of drug-likeness (QED) is 0.481. The third kappa shape index (κ3) is 1.14. The van der Waals surface area contributed by atoms with Crippen molar-refractivity contribution < 1.29 is 9.47 Å². The van der Waals surface area contributed by atoms with Gasteiger partial charge in [0.25, 0.3) is 0 Å². The third-order valence-corrected chi connectivity index (χ3v) is 1.09. The van der Waals surface area contributed by atoms with E-state index in [1.807, 2.05) is 0 Å². The van der Waals surface area contributed by atoms with E-state index >= 15 is 0 Å². The van der Waals surface area contributed by atoms with Crippen molar-refractivity contribution in [3.05, 3.63) is 6.61 Å². The average molecular weight is 101 g/mol. The van der Waals surface area contributed by atoms with Crippen molar-refractivity contribution in [3.8, 4) is 0 Å². The number of ether oxygens (including phenoxy) is 2. The first-order valence-corrected chi connectivity index (χ1v) is 2.39. The summed E-state index contributed by atoms with van der Waals surface area (Å²) in [4.78, 5) is 0. The van der Waals surface area contributed by atoms with Gasteiger partial charge in [0.1, 0.15) is 0 Å². The zero-order chi connectivity index (χ0) is 5.11. The first-order chi connectivity index (χ1) is 3.43. The molecular weight excluding hydrogens is 92.1 g/mol. The van der Waals surface area contributed by atoms with Gasteiger partial charge in [0.2, 0.25) is 0 Å². The van der Waals surface area contributed by atoms with E-state index in [-0.39, 0.29) is 0 Å². The molecule has 0 saturated carbocycles. The van der Waals surface area contributed by atoms with Crippen LogP contribution in [0.1, 0.15) is 6.42 Å².